The third-order valence-electron chi connectivity index (χ3n) is 3.37. The first-order valence-electron chi connectivity index (χ1n) is 7.36. The van der Waals surface area contributed by atoms with Crippen LogP contribution in [0.4, 0.5) is 5.13 Å². The minimum atomic E-state index is -0.436. The van der Waals surface area contributed by atoms with Crippen LogP contribution in [0, 0.1) is 25.2 Å². The third-order valence-corrected chi connectivity index (χ3v) is 4.37. The zero-order chi connectivity index (χ0) is 17.5. The van der Waals surface area contributed by atoms with Crippen LogP contribution in [0.2, 0.25) is 0 Å². The standard InChI is InChI=1S/C17H18N4O2S/c1-11-12(2)24-17(21-11)20-10-14(9-18)16(23)19-8-7-13-3-5-15(22)6-4-13/h3-6,10,22H,7-8H2,1-2H3,(H,19,23)(H,20,21)/b14-10-. The molecule has 1 heterocycles. The van der Waals surface area contributed by atoms with Gasteiger partial charge in [-0.2, -0.15) is 5.26 Å². The average molecular weight is 342 g/mol. The number of aromatic hydroxyl groups is 1. The maximum absolute atomic E-state index is 12.0. The number of phenolic OH excluding ortho intramolecular Hbond substituents is 1. The van der Waals surface area contributed by atoms with E-state index in [0.717, 1.165) is 16.1 Å². The number of aromatic nitrogens is 1. The van der Waals surface area contributed by atoms with Gasteiger partial charge in [0.25, 0.3) is 5.91 Å². The fourth-order valence-electron chi connectivity index (χ4n) is 1.90. The van der Waals surface area contributed by atoms with E-state index < -0.39 is 5.91 Å². The lowest BCUT2D eigenvalue weighted by molar-refractivity contribution is -0.117. The van der Waals surface area contributed by atoms with Crippen molar-refractivity contribution < 1.29 is 9.90 Å². The third kappa shape index (κ3) is 4.83. The zero-order valence-electron chi connectivity index (χ0n) is 13.5. The lowest BCUT2D eigenvalue weighted by atomic mass is 10.1. The number of carbonyl (C=O) groups is 1. The number of nitriles is 1. The molecule has 0 aliphatic rings. The minimum Gasteiger partial charge on any atom is -0.508 e. The molecular weight excluding hydrogens is 324 g/mol. The van der Waals surface area contributed by atoms with Gasteiger partial charge < -0.3 is 15.7 Å². The normalized spacial score (nSPS) is 11.0. The molecule has 1 aromatic heterocycles. The summed E-state index contributed by atoms with van der Waals surface area (Å²) in [6.45, 7) is 4.27. The molecule has 0 aliphatic carbocycles. The Morgan fingerprint density at radius 2 is 2.08 bits per heavy atom. The highest BCUT2D eigenvalue weighted by Crippen LogP contribution is 2.21. The van der Waals surface area contributed by atoms with Crippen molar-refractivity contribution in [3.63, 3.8) is 0 Å². The first-order valence-corrected chi connectivity index (χ1v) is 8.18. The van der Waals surface area contributed by atoms with Gasteiger partial charge in [0.15, 0.2) is 5.13 Å². The Balaban J connectivity index is 1.87. The predicted octanol–water partition coefficient (Wildman–Crippen LogP) is 2.64. The van der Waals surface area contributed by atoms with Crippen molar-refractivity contribution in [3.8, 4) is 11.8 Å². The monoisotopic (exact) mass is 342 g/mol. The molecule has 0 bridgehead atoms. The van der Waals surface area contributed by atoms with Gasteiger partial charge in [-0.05, 0) is 38.0 Å². The molecule has 2 rings (SSSR count). The van der Waals surface area contributed by atoms with Crippen LogP contribution < -0.4 is 10.6 Å². The second kappa shape index (κ2) is 8.13. The van der Waals surface area contributed by atoms with Gasteiger partial charge in [-0.15, -0.1) is 11.3 Å². The van der Waals surface area contributed by atoms with Crippen molar-refractivity contribution >= 4 is 22.4 Å². The van der Waals surface area contributed by atoms with E-state index in [0.29, 0.717) is 18.1 Å². The zero-order valence-corrected chi connectivity index (χ0v) is 14.3. The summed E-state index contributed by atoms with van der Waals surface area (Å²) in [7, 11) is 0. The van der Waals surface area contributed by atoms with Crippen molar-refractivity contribution in [3.05, 3.63) is 52.2 Å². The summed E-state index contributed by atoms with van der Waals surface area (Å²) >= 11 is 1.47. The first-order chi connectivity index (χ1) is 11.5. The Hall–Kier alpha value is -2.85. The van der Waals surface area contributed by atoms with Crippen LogP contribution in [-0.2, 0) is 11.2 Å². The van der Waals surface area contributed by atoms with Gasteiger partial charge in [-0.1, -0.05) is 12.1 Å². The number of benzene rings is 1. The molecular formula is C17H18N4O2S. The Kier molecular flexibility index (Phi) is 5.93. The van der Waals surface area contributed by atoms with Crippen LogP contribution in [0.25, 0.3) is 0 Å². The molecule has 1 aromatic carbocycles. The van der Waals surface area contributed by atoms with Gasteiger partial charge in [0.2, 0.25) is 0 Å². The number of rotatable bonds is 6. The van der Waals surface area contributed by atoms with E-state index >= 15 is 0 Å². The van der Waals surface area contributed by atoms with Crippen molar-refractivity contribution in [2.45, 2.75) is 20.3 Å². The van der Waals surface area contributed by atoms with Gasteiger partial charge >= 0.3 is 0 Å². The van der Waals surface area contributed by atoms with Crippen molar-refractivity contribution in [1.82, 2.24) is 10.3 Å². The van der Waals surface area contributed by atoms with E-state index in [1.807, 2.05) is 19.9 Å². The fourth-order valence-corrected chi connectivity index (χ4v) is 2.68. The average Bonchev–Trinajstić information content (AvgIpc) is 2.88. The van der Waals surface area contributed by atoms with Crippen molar-refractivity contribution in [2.24, 2.45) is 0 Å². The summed E-state index contributed by atoms with van der Waals surface area (Å²) < 4.78 is 0. The molecule has 124 valence electrons. The number of nitrogens with zero attached hydrogens (tertiary/aromatic N) is 2. The molecule has 6 nitrogen and oxygen atoms in total. The number of anilines is 1. The van der Waals surface area contributed by atoms with Crippen LogP contribution in [0.5, 0.6) is 5.75 Å². The van der Waals surface area contributed by atoms with Gasteiger partial charge in [-0.25, -0.2) is 4.98 Å². The Morgan fingerprint density at radius 1 is 1.38 bits per heavy atom. The molecule has 2 aromatic rings. The highest BCUT2D eigenvalue weighted by atomic mass is 32.1. The number of carbonyl (C=O) groups excluding carboxylic acids is 1. The van der Waals surface area contributed by atoms with Gasteiger partial charge in [-0.3, -0.25) is 4.79 Å². The van der Waals surface area contributed by atoms with E-state index in [4.69, 9.17) is 5.26 Å². The molecule has 1 amide bonds. The van der Waals surface area contributed by atoms with Gasteiger partial charge in [0, 0.05) is 17.6 Å². The SMILES string of the molecule is Cc1nc(N/C=C(/C#N)C(=O)NCCc2ccc(O)cc2)sc1C. The topological polar surface area (TPSA) is 98.0 Å². The number of nitrogens with one attached hydrogen (secondary N) is 2. The lowest BCUT2D eigenvalue weighted by Gasteiger charge is -2.05. The summed E-state index contributed by atoms with van der Waals surface area (Å²) in [6.07, 6.45) is 1.98. The maximum atomic E-state index is 12.0. The molecule has 0 radical (unpaired) electrons. The molecule has 7 heteroatoms. The van der Waals surface area contributed by atoms with Crippen LogP contribution in [0.15, 0.2) is 36.0 Å². The van der Waals surface area contributed by atoms with Gasteiger partial charge in [0.05, 0.1) is 5.69 Å². The second-order valence-corrected chi connectivity index (χ2v) is 6.35. The second-order valence-electron chi connectivity index (χ2n) is 5.15. The Morgan fingerprint density at radius 3 is 2.67 bits per heavy atom. The highest BCUT2D eigenvalue weighted by molar-refractivity contribution is 7.15. The summed E-state index contributed by atoms with van der Waals surface area (Å²) in [4.78, 5) is 17.4. The molecule has 0 aliphatic heterocycles. The quantitative estimate of drug-likeness (QED) is 0.554. The summed E-state index contributed by atoms with van der Waals surface area (Å²) in [5, 5.41) is 24.6. The summed E-state index contributed by atoms with van der Waals surface area (Å²) in [5.41, 5.74) is 1.90. The largest absolute Gasteiger partial charge is 0.508 e. The van der Waals surface area contributed by atoms with E-state index in [9.17, 15) is 9.90 Å². The number of aryl methyl sites for hydroxylation is 2. The number of hydrogen-bond donors (Lipinski definition) is 3. The summed E-state index contributed by atoms with van der Waals surface area (Å²) in [5.74, 6) is -0.231. The molecule has 0 fully saturated rings. The Bertz CT molecular complexity index is 768. The van der Waals surface area contributed by atoms with Crippen LogP contribution in [-0.4, -0.2) is 22.5 Å². The maximum Gasteiger partial charge on any atom is 0.263 e. The molecule has 24 heavy (non-hydrogen) atoms. The minimum absolute atomic E-state index is 0.00814. The smallest absolute Gasteiger partial charge is 0.263 e. The summed E-state index contributed by atoms with van der Waals surface area (Å²) in [6, 6.07) is 8.65. The van der Waals surface area contributed by atoms with Crippen molar-refractivity contribution in [2.75, 3.05) is 11.9 Å². The number of thiazole rings is 1. The van der Waals surface area contributed by atoms with E-state index in [1.165, 1.54) is 17.5 Å². The molecule has 0 saturated carbocycles. The Labute approximate surface area is 144 Å². The number of amides is 1. The van der Waals surface area contributed by atoms with Crippen LogP contribution >= 0.6 is 11.3 Å². The van der Waals surface area contributed by atoms with Crippen molar-refractivity contribution in [1.29, 1.82) is 5.26 Å². The predicted molar refractivity (Wildman–Crippen MR) is 93.7 cm³/mol. The highest BCUT2D eigenvalue weighted by Gasteiger charge is 2.09. The molecule has 3 N–H and O–H groups in total. The van der Waals surface area contributed by atoms with Crippen LogP contribution in [0.3, 0.4) is 0 Å². The molecule has 0 spiro atoms. The van der Waals surface area contributed by atoms with Crippen LogP contribution in [0.1, 0.15) is 16.1 Å². The molecule has 0 atom stereocenters. The van der Waals surface area contributed by atoms with E-state index in [1.54, 1.807) is 24.3 Å². The van der Waals surface area contributed by atoms with E-state index in [2.05, 4.69) is 15.6 Å². The fraction of sp³-hybridized carbons (Fsp3) is 0.235. The van der Waals surface area contributed by atoms with E-state index in [-0.39, 0.29) is 11.3 Å². The first kappa shape index (κ1) is 17.5. The number of phenols is 1. The molecule has 0 unspecified atom stereocenters. The lowest BCUT2D eigenvalue weighted by Crippen LogP contribution is -2.27. The van der Waals surface area contributed by atoms with Gasteiger partial charge in [0.1, 0.15) is 17.4 Å². The molecule has 0 saturated heterocycles. The number of hydrogen-bond acceptors (Lipinski definition) is 6.